The largest absolute Gasteiger partial charge is 0.495 e. The van der Waals surface area contributed by atoms with Crippen molar-refractivity contribution in [2.75, 3.05) is 18.6 Å². The average Bonchev–Trinajstić information content (AvgIpc) is 3.59. The molecular formula is C32H38N8O3. The minimum Gasteiger partial charge on any atom is -0.495 e. The summed E-state index contributed by atoms with van der Waals surface area (Å²) in [6.45, 7) is 5.12. The Morgan fingerprint density at radius 3 is 2.58 bits per heavy atom. The number of ether oxygens (including phenoxy) is 1. The van der Waals surface area contributed by atoms with Crippen LogP contribution in [0, 0.1) is 6.92 Å². The molecule has 0 radical (unpaired) electrons. The molecule has 43 heavy (non-hydrogen) atoms. The van der Waals surface area contributed by atoms with E-state index >= 15 is 0 Å². The lowest BCUT2D eigenvalue weighted by Gasteiger charge is -2.26. The fourth-order valence-corrected chi connectivity index (χ4v) is 5.91. The Morgan fingerprint density at radius 2 is 1.88 bits per heavy atom. The van der Waals surface area contributed by atoms with Crippen molar-refractivity contribution < 1.29 is 11.0 Å². The Labute approximate surface area is 251 Å². The Bertz CT molecular complexity index is 1810. The van der Waals surface area contributed by atoms with Gasteiger partial charge < -0.3 is 15.4 Å². The topological polar surface area (TPSA) is 126 Å². The maximum absolute atomic E-state index is 12.1. The van der Waals surface area contributed by atoms with Gasteiger partial charge in [0.15, 0.2) is 11.9 Å². The number of aldehydes is 1. The Balaban J connectivity index is 0.000000187. The minimum absolute atomic E-state index is 0. The number of benzene rings is 1. The zero-order valence-electron chi connectivity index (χ0n) is 24.6. The summed E-state index contributed by atoms with van der Waals surface area (Å²) in [5.41, 5.74) is 10.8. The van der Waals surface area contributed by atoms with Crippen LogP contribution in [0.4, 0.5) is 5.82 Å². The van der Waals surface area contributed by atoms with E-state index in [1.165, 1.54) is 18.5 Å². The molecule has 1 saturated carbocycles. The van der Waals surface area contributed by atoms with Gasteiger partial charge in [0.1, 0.15) is 22.8 Å². The quantitative estimate of drug-likeness (QED) is 0.281. The molecule has 7 rings (SSSR count). The van der Waals surface area contributed by atoms with Gasteiger partial charge in [-0.3, -0.25) is 19.3 Å². The van der Waals surface area contributed by atoms with Crippen LogP contribution in [0.15, 0.2) is 71.8 Å². The predicted octanol–water partition coefficient (Wildman–Crippen LogP) is 4.31. The molecule has 0 amide bonds. The number of carbonyl (C=O) groups is 1. The molecule has 1 aliphatic carbocycles. The van der Waals surface area contributed by atoms with Crippen LogP contribution in [-0.4, -0.2) is 54.9 Å². The summed E-state index contributed by atoms with van der Waals surface area (Å²) in [5, 5.41) is 4.90. The summed E-state index contributed by atoms with van der Waals surface area (Å²) in [7, 11) is 1.68. The molecular weight excluding hydrogens is 544 g/mol. The summed E-state index contributed by atoms with van der Waals surface area (Å²) in [4.78, 5) is 34.4. The zero-order valence-corrected chi connectivity index (χ0v) is 24.6. The van der Waals surface area contributed by atoms with Crippen LogP contribution in [0.25, 0.3) is 11.3 Å². The molecule has 5 heterocycles. The number of nitrogens with zero attached hydrogens (tertiary/aromatic N) is 7. The Morgan fingerprint density at radius 1 is 1.09 bits per heavy atom. The first-order valence-electron chi connectivity index (χ1n) is 14.6. The molecule has 224 valence electrons. The van der Waals surface area contributed by atoms with Gasteiger partial charge in [-0.15, -0.1) is 5.10 Å². The highest BCUT2D eigenvalue weighted by molar-refractivity contribution is 5.76. The van der Waals surface area contributed by atoms with Gasteiger partial charge in [0, 0.05) is 38.4 Å². The summed E-state index contributed by atoms with van der Waals surface area (Å²) >= 11 is 0. The molecule has 2 atom stereocenters. The average molecular weight is 583 g/mol. The third-order valence-electron chi connectivity index (χ3n) is 8.19. The fraction of sp³-hybridized carbons (Fsp3) is 0.344. The second-order valence-electron chi connectivity index (χ2n) is 11.0. The molecule has 1 aromatic carbocycles. The van der Waals surface area contributed by atoms with Crippen molar-refractivity contribution in [3.05, 3.63) is 100.0 Å². The standard InChI is InChI=1S/C19H22N6O.C13H14N2O2.H2/c1-26-16-3-2-8-21-19(16)14-9-13(20)11-24(14)18-7-6-17-22-10-15(12-4-5-12)25(17)23-18;1-3-14-10(2)12(9-16)13(17)15(14)11-7-5-4-6-8-11;/h2-3,6-8,10,12-14H,4-5,9,11,20H2,1H3;4-9H,3H2,1-2H3;1H/t13?,14-;;/m1../s1. The molecule has 4 aromatic heterocycles. The highest BCUT2D eigenvalue weighted by Gasteiger charge is 2.35. The molecule has 1 unspecified atom stereocenters. The number of methoxy groups -OCH3 is 1. The second-order valence-corrected chi connectivity index (χ2v) is 11.0. The van der Waals surface area contributed by atoms with E-state index in [0.717, 1.165) is 41.6 Å². The first-order chi connectivity index (χ1) is 20.9. The molecule has 2 N–H and O–H groups in total. The van der Waals surface area contributed by atoms with Crippen molar-refractivity contribution >= 4 is 17.8 Å². The number of imidazole rings is 1. The van der Waals surface area contributed by atoms with Crippen LogP contribution >= 0.6 is 0 Å². The van der Waals surface area contributed by atoms with Crippen molar-refractivity contribution in [3.63, 3.8) is 0 Å². The summed E-state index contributed by atoms with van der Waals surface area (Å²) in [5.74, 6) is 2.29. The van der Waals surface area contributed by atoms with E-state index in [1.807, 2.05) is 72.2 Å². The number of fused-ring (bicyclic) bond motifs is 1. The number of rotatable bonds is 7. The molecule has 0 bridgehead atoms. The number of hydrogen-bond donors (Lipinski definition) is 1. The summed E-state index contributed by atoms with van der Waals surface area (Å²) in [6, 6.07) is 17.3. The lowest BCUT2D eigenvalue weighted by Crippen LogP contribution is -2.29. The molecule has 2 aliphatic rings. The molecule has 2 fully saturated rings. The van der Waals surface area contributed by atoms with Gasteiger partial charge in [0.25, 0.3) is 5.56 Å². The van der Waals surface area contributed by atoms with Gasteiger partial charge in [0.2, 0.25) is 0 Å². The lowest BCUT2D eigenvalue weighted by molar-refractivity contribution is 0.112. The highest BCUT2D eigenvalue weighted by Crippen LogP contribution is 2.41. The number of para-hydroxylation sites is 1. The van der Waals surface area contributed by atoms with Gasteiger partial charge in [-0.1, -0.05) is 18.2 Å². The molecule has 1 aliphatic heterocycles. The Kier molecular flexibility index (Phi) is 7.81. The van der Waals surface area contributed by atoms with Crippen molar-refractivity contribution in [3.8, 4) is 11.4 Å². The predicted molar refractivity (Wildman–Crippen MR) is 166 cm³/mol. The molecule has 11 heteroatoms. The van der Waals surface area contributed by atoms with Crippen LogP contribution in [0.5, 0.6) is 5.75 Å². The molecule has 1 saturated heterocycles. The number of pyridine rings is 1. The Hall–Kier alpha value is -4.77. The van der Waals surface area contributed by atoms with Crippen LogP contribution in [0.3, 0.4) is 0 Å². The van der Waals surface area contributed by atoms with Gasteiger partial charge in [0.05, 0.1) is 30.7 Å². The second kappa shape index (κ2) is 11.8. The SMILES string of the molecule is CCn1c(C)c(C=O)c(=O)n1-c1ccccc1.COc1cccnc1[C@H]1CC(N)CN1c1ccc2ncc(C3CC3)n2n1.[HH]. The number of anilines is 1. The van der Waals surface area contributed by atoms with Crippen molar-refractivity contribution in [1.29, 1.82) is 0 Å². The van der Waals surface area contributed by atoms with Gasteiger partial charge in [-0.25, -0.2) is 14.2 Å². The third kappa shape index (κ3) is 5.32. The van der Waals surface area contributed by atoms with E-state index in [4.69, 9.17) is 15.6 Å². The number of nitrogens with two attached hydrogens (primary N) is 1. The summed E-state index contributed by atoms with van der Waals surface area (Å²) in [6.07, 6.45) is 7.66. The van der Waals surface area contributed by atoms with Gasteiger partial charge in [-0.05, 0) is 69.5 Å². The molecule has 11 nitrogen and oxygen atoms in total. The van der Waals surface area contributed by atoms with Gasteiger partial charge >= 0.3 is 0 Å². The normalized spacial score (nSPS) is 18.0. The van der Waals surface area contributed by atoms with Crippen LogP contribution in [0.1, 0.15) is 67.0 Å². The van der Waals surface area contributed by atoms with E-state index in [-0.39, 0.29) is 24.6 Å². The fourth-order valence-electron chi connectivity index (χ4n) is 5.91. The summed E-state index contributed by atoms with van der Waals surface area (Å²) < 4.78 is 10.9. The van der Waals surface area contributed by atoms with Crippen molar-refractivity contribution in [1.82, 2.24) is 28.9 Å². The minimum atomic E-state index is -0.259. The smallest absolute Gasteiger partial charge is 0.282 e. The maximum Gasteiger partial charge on any atom is 0.282 e. The molecule has 5 aromatic rings. The lowest BCUT2D eigenvalue weighted by atomic mass is 10.1. The number of aromatic nitrogens is 6. The van der Waals surface area contributed by atoms with E-state index in [2.05, 4.69) is 14.9 Å². The number of carbonyl (C=O) groups excluding carboxylic acids is 1. The first-order valence-corrected chi connectivity index (χ1v) is 14.6. The third-order valence-corrected chi connectivity index (χ3v) is 8.19. The highest BCUT2D eigenvalue weighted by atomic mass is 16.5. The van der Waals surface area contributed by atoms with Crippen molar-refractivity contribution in [2.45, 2.75) is 57.7 Å². The van der Waals surface area contributed by atoms with E-state index in [1.54, 1.807) is 29.6 Å². The van der Waals surface area contributed by atoms with E-state index in [0.29, 0.717) is 24.4 Å². The van der Waals surface area contributed by atoms with Crippen LogP contribution < -0.4 is 20.9 Å². The van der Waals surface area contributed by atoms with E-state index < -0.39 is 0 Å². The van der Waals surface area contributed by atoms with Crippen molar-refractivity contribution in [2.24, 2.45) is 5.73 Å². The monoisotopic (exact) mass is 582 g/mol. The maximum atomic E-state index is 12.1. The van der Waals surface area contributed by atoms with Gasteiger partial charge in [-0.2, -0.15) is 0 Å². The molecule has 0 spiro atoms. The van der Waals surface area contributed by atoms with E-state index in [9.17, 15) is 9.59 Å². The zero-order chi connectivity index (χ0) is 30.1. The van der Waals surface area contributed by atoms with Crippen LogP contribution in [-0.2, 0) is 6.54 Å². The van der Waals surface area contributed by atoms with Crippen LogP contribution in [0.2, 0.25) is 0 Å². The number of hydrogen-bond acceptors (Lipinski definition) is 8. The first kappa shape index (κ1) is 28.4.